The molecule has 0 heterocycles. The summed E-state index contributed by atoms with van der Waals surface area (Å²) in [7, 11) is 4.14. The van der Waals surface area contributed by atoms with Crippen molar-refractivity contribution < 1.29 is 9.90 Å². The number of rotatable bonds is 2. The predicted octanol–water partition coefficient (Wildman–Crippen LogP) is 5.41. The highest BCUT2D eigenvalue weighted by molar-refractivity contribution is 5.93. The number of benzene rings is 1. The van der Waals surface area contributed by atoms with Gasteiger partial charge in [0, 0.05) is 37.5 Å². The van der Waals surface area contributed by atoms with Gasteiger partial charge in [0.15, 0.2) is 5.78 Å². The average molecular weight is 430 g/mol. The molecule has 168 valence electrons. The van der Waals surface area contributed by atoms with E-state index in [2.05, 4.69) is 62.0 Å². The highest BCUT2D eigenvalue weighted by Crippen LogP contribution is 2.66. The minimum absolute atomic E-state index is 0.221. The lowest BCUT2D eigenvalue weighted by Gasteiger charge is -2.53. The van der Waals surface area contributed by atoms with E-state index in [0.717, 1.165) is 38.5 Å². The van der Waals surface area contributed by atoms with Crippen LogP contribution in [0.3, 0.4) is 0 Å². The first-order valence-corrected chi connectivity index (χ1v) is 12.2. The van der Waals surface area contributed by atoms with E-state index >= 15 is 0 Å². The van der Waals surface area contributed by atoms with Crippen LogP contribution in [0.2, 0.25) is 0 Å². The number of nitrogens with zero attached hydrogens (tertiary/aromatic N) is 1. The molecule has 3 nitrogen and oxygen atoms in total. The highest BCUT2D eigenvalue weighted by atomic mass is 16.3. The molecule has 1 unspecified atom stereocenters. The Bertz CT molecular complexity index is 1070. The van der Waals surface area contributed by atoms with Crippen LogP contribution in [0.25, 0.3) is 0 Å². The van der Waals surface area contributed by atoms with Gasteiger partial charge in [-0.25, -0.2) is 0 Å². The Morgan fingerprint density at radius 3 is 2.53 bits per heavy atom. The molecule has 0 spiro atoms. The van der Waals surface area contributed by atoms with Gasteiger partial charge >= 0.3 is 0 Å². The average Bonchev–Trinajstić information content (AvgIpc) is 3.03. The molecule has 0 aromatic heterocycles. The van der Waals surface area contributed by atoms with Crippen LogP contribution in [0.1, 0.15) is 70.3 Å². The first kappa shape index (κ1) is 21.5. The quantitative estimate of drug-likeness (QED) is 0.640. The van der Waals surface area contributed by atoms with Crippen molar-refractivity contribution in [1.29, 1.82) is 0 Å². The van der Waals surface area contributed by atoms with Gasteiger partial charge in [-0.05, 0) is 92.2 Å². The van der Waals surface area contributed by atoms with Crippen molar-refractivity contribution in [3.05, 3.63) is 52.6 Å². The van der Waals surface area contributed by atoms with Crippen molar-refractivity contribution in [2.45, 2.75) is 70.3 Å². The van der Waals surface area contributed by atoms with Gasteiger partial charge in [0.2, 0.25) is 0 Å². The second-order valence-electron chi connectivity index (χ2n) is 10.8. The summed E-state index contributed by atoms with van der Waals surface area (Å²) in [5.74, 6) is 7.76. The Kier molecular flexibility index (Phi) is 5.13. The number of allylic oxidation sites excluding steroid dienone is 4. The smallest absolute Gasteiger partial charge is 0.156 e. The lowest BCUT2D eigenvalue weighted by Crippen LogP contribution is -2.51. The summed E-state index contributed by atoms with van der Waals surface area (Å²) in [6.07, 6.45) is 8.23. The molecule has 5 atom stereocenters. The molecule has 0 amide bonds. The summed E-state index contributed by atoms with van der Waals surface area (Å²) in [4.78, 5) is 14.3. The minimum Gasteiger partial charge on any atom is -0.378 e. The van der Waals surface area contributed by atoms with Crippen LogP contribution in [0.15, 0.2) is 47.1 Å². The summed E-state index contributed by atoms with van der Waals surface area (Å²) in [6, 6.07) is 8.97. The topological polar surface area (TPSA) is 40.5 Å². The molecule has 1 aromatic carbocycles. The lowest BCUT2D eigenvalue weighted by atomic mass is 9.51. The molecule has 4 aliphatic rings. The molecule has 2 saturated carbocycles. The van der Waals surface area contributed by atoms with Crippen molar-refractivity contribution in [2.75, 3.05) is 19.0 Å². The molecule has 5 rings (SSSR count). The molecular formula is C29H35NO2. The first-order valence-electron chi connectivity index (χ1n) is 12.2. The Hall–Kier alpha value is -2.31. The third-order valence-electron chi connectivity index (χ3n) is 9.03. The van der Waals surface area contributed by atoms with E-state index < -0.39 is 5.60 Å². The van der Waals surface area contributed by atoms with Gasteiger partial charge in [-0.2, -0.15) is 0 Å². The molecule has 1 aromatic rings. The van der Waals surface area contributed by atoms with E-state index in [1.807, 2.05) is 13.0 Å². The molecule has 0 saturated heterocycles. The van der Waals surface area contributed by atoms with Crippen LogP contribution in [0.4, 0.5) is 5.69 Å². The molecule has 1 N–H and O–H groups in total. The Labute approximate surface area is 192 Å². The van der Waals surface area contributed by atoms with Crippen LogP contribution < -0.4 is 4.90 Å². The van der Waals surface area contributed by atoms with Crippen molar-refractivity contribution in [2.24, 2.45) is 17.3 Å². The first-order chi connectivity index (χ1) is 15.3. The monoisotopic (exact) mass is 429 g/mol. The normalized spacial score (nSPS) is 35.8. The maximum atomic E-state index is 12.2. The van der Waals surface area contributed by atoms with E-state index in [-0.39, 0.29) is 17.1 Å². The summed E-state index contributed by atoms with van der Waals surface area (Å²) >= 11 is 0. The largest absolute Gasteiger partial charge is 0.378 e. The number of ketones is 1. The number of carbonyl (C=O) groups is 1. The Morgan fingerprint density at radius 1 is 1.09 bits per heavy atom. The number of anilines is 1. The van der Waals surface area contributed by atoms with Gasteiger partial charge in [-0.15, -0.1) is 5.92 Å². The van der Waals surface area contributed by atoms with E-state index in [0.29, 0.717) is 18.3 Å². The highest BCUT2D eigenvalue weighted by Gasteiger charge is 2.62. The van der Waals surface area contributed by atoms with Crippen molar-refractivity contribution in [3.63, 3.8) is 0 Å². The van der Waals surface area contributed by atoms with Crippen LogP contribution in [-0.2, 0) is 4.79 Å². The Balaban J connectivity index is 1.67. The second kappa shape index (κ2) is 7.63. The van der Waals surface area contributed by atoms with Gasteiger partial charge < -0.3 is 10.0 Å². The summed E-state index contributed by atoms with van der Waals surface area (Å²) in [6.45, 7) is 4.15. The van der Waals surface area contributed by atoms with Gasteiger partial charge in [0.25, 0.3) is 0 Å². The third kappa shape index (κ3) is 3.11. The number of hydrogen-bond acceptors (Lipinski definition) is 3. The van der Waals surface area contributed by atoms with Gasteiger partial charge in [-0.3, -0.25) is 4.79 Å². The molecule has 0 aliphatic heterocycles. The molecular weight excluding hydrogens is 394 g/mol. The van der Waals surface area contributed by atoms with Crippen LogP contribution in [0.5, 0.6) is 0 Å². The van der Waals surface area contributed by atoms with E-state index in [1.54, 1.807) is 5.57 Å². The van der Waals surface area contributed by atoms with Crippen LogP contribution in [-0.4, -0.2) is 30.6 Å². The number of fused-ring (bicyclic) bond motifs is 4. The molecule has 3 heteroatoms. The predicted molar refractivity (Wildman–Crippen MR) is 129 cm³/mol. The number of hydrogen-bond donors (Lipinski definition) is 1. The van der Waals surface area contributed by atoms with Gasteiger partial charge in [0.05, 0.1) is 0 Å². The van der Waals surface area contributed by atoms with Gasteiger partial charge in [-0.1, -0.05) is 30.6 Å². The lowest BCUT2D eigenvalue weighted by molar-refractivity contribution is -0.114. The summed E-state index contributed by atoms with van der Waals surface area (Å²) in [5, 5.41) is 11.7. The van der Waals surface area contributed by atoms with Crippen molar-refractivity contribution >= 4 is 11.5 Å². The van der Waals surface area contributed by atoms with Crippen molar-refractivity contribution in [3.8, 4) is 11.8 Å². The molecule has 0 bridgehead atoms. The van der Waals surface area contributed by atoms with E-state index in [9.17, 15) is 9.90 Å². The van der Waals surface area contributed by atoms with E-state index in [4.69, 9.17) is 0 Å². The minimum atomic E-state index is -0.914. The molecule has 32 heavy (non-hydrogen) atoms. The fourth-order valence-electron chi connectivity index (χ4n) is 7.38. The number of carbonyl (C=O) groups excluding carboxylic acids is 1. The standard InChI is InChI=1S/C29H35NO2/c1-5-15-29(32)16-14-26-24-12-8-20-17-22(31)11-13-23(20)27(24)25(18-28(26,29)2)19-6-9-21(10-7-19)30(3)4/h6-7,9-10,17,24-26,32H,8,11-14,16,18H2,1-4H3/t24-,25+,26-,28?,29-/m0/s1. The zero-order valence-electron chi connectivity index (χ0n) is 19.9. The SMILES string of the molecule is CC#C[C@]1(O)CC[C@H]2[C@@H]3CCC4=CC(=O)CCC4=C3[C@@H](c3ccc(N(C)C)cc3)CC21C. The zero-order valence-corrected chi connectivity index (χ0v) is 19.9. The zero-order chi connectivity index (χ0) is 22.7. The van der Waals surface area contributed by atoms with Gasteiger partial charge in [0.1, 0.15) is 5.60 Å². The fourth-order valence-corrected chi connectivity index (χ4v) is 7.38. The summed E-state index contributed by atoms with van der Waals surface area (Å²) < 4.78 is 0. The van der Waals surface area contributed by atoms with E-state index in [1.165, 1.54) is 22.4 Å². The molecule has 4 aliphatic carbocycles. The maximum Gasteiger partial charge on any atom is 0.156 e. The Morgan fingerprint density at radius 2 is 1.84 bits per heavy atom. The maximum absolute atomic E-state index is 12.2. The summed E-state index contributed by atoms with van der Waals surface area (Å²) in [5.41, 5.74) is 5.71. The molecule has 0 radical (unpaired) electrons. The van der Waals surface area contributed by atoms with Crippen LogP contribution in [0, 0.1) is 29.1 Å². The third-order valence-corrected chi connectivity index (χ3v) is 9.03. The molecule has 2 fully saturated rings. The second-order valence-corrected chi connectivity index (χ2v) is 10.8. The van der Waals surface area contributed by atoms with Crippen molar-refractivity contribution in [1.82, 2.24) is 0 Å². The van der Waals surface area contributed by atoms with Crippen LogP contribution >= 0.6 is 0 Å². The fraction of sp³-hybridized carbons (Fsp3) is 0.552. The number of aliphatic hydroxyl groups is 1.